The molecule has 1 aromatic heterocycles. The number of nitrogens with zero attached hydrogens (tertiary/aromatic N) is 5. The average Bonchev–Trinajstić information content (AvgIpc) is 3.45. The summed E-state index contributed by atoms with van der Waals surface area (Å²) in [5.74, 6) is -0.0199. The molecule has 0 bridgehead atoms. The molecule has 1 saturated carbocycles. The zero-order chi connectivity index (χ0) is 27.7. The zero-order valence-corrected chi connectivity index (χ0v) is 23.7. The van der Waals surface area contributed by atoms with Gasteiger partial charge >= 0.3 is 12.3 Å². The minimum absolute atomic E-state index is 0. The van der Waals surface area contributed by atoms with E-state index >= 15 is 0 Å². The lowest BCUT2D eigenvalue weighted by Crippen LogP contribution is -2.40. The van der Waals surface area contributed by atoms with Crippen molar-refractivity contribution in [1.29, 1.82) is 0 Å². The highest BCUT2D eigenvalue weighted by Gasteiger charge is 2.42. The molecular formula is C28H37ClF3N5O3. The van der Waals surface area contributed by atoms with Gasteiger partial charge in [0.2, 0.25) is 0 Å². The van der Waals surface area contributed by atoms with Crippen molar-refractivity contribution in [2.45, 2.75) is 62.7 Å². The summed E-state index contributed by atoms with van der Waals surface area (Å²) in [5.41, 5.74) is 0.863. The number of hydrogen-bond acceptors (Lipinski definition) is 5. The van der Waals surface area contributed by atoms with Crippen LogP contribution in [0.4, 0.5) is 18.0 Å². The number of alkyl halides is 3. The third kappa shape index (κ3) is 6.40. The molecule has 2 aromatic rings. The SMILES string of the molecule is CN(C)CCOC(=O)N1CCC(n2ncc(C(=O)N3CCCC3c3ccccc3C(F)(F)F)c2C2CC2)CC1.Cl. The smallest absolute Gasteiger partial charge is 0.416 e. The molecule has 40 heavy (non-hydrogen) atoms. The van der Waals surface area contributed by atoms with Crippen molar-refractivity contribution in [2.24, 2.45) is 0 Å². The molecule has 3 heterocycles. The summed E-state index contributed by atoms with van der Waals surface area (Å²) >= 11 is 0. The maximum absolute atomic E-state index is 13.8. The van der Waals surface area contributed by atoms with Crippen LogP contribution in [0.1, 0.15) is 83.7 Å². The summed E-state index contributed by atoms with van der Waals surface area (Å²) in [7, 11) is 3.84. The van der Waals surface area contributed by atoms with E-state index in [9.17, 15) is 22.8 Å². The van der Waals surface area contributed by atoms with Gasteiger partial charge in [0.15, 0.2) is 0 Å². The van der Waals surface area contributed by atoms with Gasteiger partial charge in [0, 0.05) is 32.1 Å². The standard InChI is InChI=1S/C28H36F3N5O3.ClH/c1-33(2)16-17-39-27(38)34-14-11-20(12-15-34)36-25(19-9-10-19)22(18-32-36)26(37)35-13-5-8-24(35)21-6-3-4-7-23(21)28(29,30)31;/h3-4,6-7,18-20,24H,5,8-17H2,1-2H3;1H. The number of benzene rings is 1. The van der Waals surface area contributed by atoms with E-state index in [1.165, 1.54) is 12.1 Å². The molecule has 1 aliphatic carbocycles. The fraction of sp³-hybridized carbons (Fsp3) is 0.607. The number of likely N-dealkylation sites (tertiary alicyclic amines) is 2. The predicted octanol–water partition coefficient (Wildman–Crippen LogP) is 5.51. The van der Waals surface area contributed by atoms with Crippen molar-refractivity contribution in [3.8, 4) is 0 Å². The van der Waals surface area contributed by atoms with Gasteiger partial charge < -0.3 is 19.4 Å². The molecule has 3 fully saturated rings. The van der Waals surface area contributed by atoms with E-state index in [1.807, 2.05) is 23.7 Å². The molecule has 2 aliphatic heterocycles. The number of ether oxygens (including phenoxy) is 1. The van der Waals surface area contributed by atoms with Crippen molar-refractivity contribution in [2.75, 3.05) is 46.9 Å². The first-order chi connectivity index (χ1) is 18.6. The largest absolute Gasteiger partial charge is 0.448 e. The molecule has 3 aliphatic rings. The molecule has 220 valence electrons. The summed E-state index contributed by atoms with van der Waals surface area (Å²) in [5, 5.41) is 4.64. The summed E-state index contributed by atoms with van der Waals surface area (Å²) in [6, 6.07) is 5.00. The lowest BCUT2D eigenvalue weighted by atomic mass is 9.97. The summed E-state index contributed by atoms with van der Waals surface area (Å²) in [6.07, 6.45) is 1.27. The van der Waals surface area contributed by atoms with Gasteiger partial charge in [0.1, 0.15) is 6.61 Å². The van der Waals surface area contributed by atoms with E-state index in [2.05, 4.69) is 5.10 Å². The van der Waals surface area contributed by atoms with Crippen LogP contribution in [0, 0.1) is 0 Å². The number of likely N-dealkylation sites (N-methyl/N-ethyl adjacent to an activating group) is 1. The Labute approximate surface area is 238 Å². The van der Waals surface area contributed by atoms with Crippen LogP contribution in [0.15, 0.2) is 30.5 Å². The van der Waals surface area contributed by atoms with Crippen molar-refractivity contribution in [3.05, 3.63) is 52.8 Å². The first-order valence-electron chi connectivity index (χ1n) is 13.8. The number of piperidine rings is 1. The molecule has 5 rings (SSSR count). The summed E-state index contributed by atoms with van der Waals surface area (Å²) < 4.78 is 48.6. The Hall–Kier alpha value is -2.79. The minimum Gasteiger partial charge on any atom is -0.448 e. The Bertz CT molecular complexity index is 1190. The first kappa shape index (κ1) is 30.2. The first-order valence-corrected chi connectivity index (χ1v) is 13.8. The Morgan fingerprint density at radius 3 is 2.40 bits per heavy atom. The van der Waals surface area contributed by atoms with E-state index in [4.69, 9.17) is 4.74 Å². The zero-order valence-electron chi connectivity index (χ0n) is 22.9. The van der Waals surface area contributed by atoms with Crippen LogP contribution in [0.25, 0.3) is 0 Å². The number of carbonyl (C=O) groups is 2. The van der Waals surface area contributed by atoms with Crippen LogP contribution in [0.5, 0.6) is 0 Å². The van der Waals surface area contributed by atoms with Gasteiger partial charge in [-0.3, -0.25) is 9.48 Å². The van der Waals surface area contributed by atoms with Gasteiger partial charge in [-0.25, -0.2) is 4.79 Å². The molecule has 1 aromatic carbocycles. The molecule has 0 spiro atoms. The number of rotatable bonds is 7. The Morgan fingerprint density at radius 1 is 1.05 bits per heavy atom. The van der Waals surface area contributed by atoms with E-state index in [1.54, 1.807) is 22.1 Å². The van der Waals surface area contributed by atoms with Crippen LogP contribution in [-0.4, -0.2) is 83.4 Å². The van der Waals surface area contributed by atoms with Crippen LogP contribution < -0.4 is 0 Å². The van der Waals surface area contributed by atoms with Crippen LogP contribution in [0.2, 0.25) is 0 Å². The second-order valence-corrected chi connectivity index (χ2v) is 11.0. The summed E-state index contributed by atoms with van der Waals surface area (Å²) in [4.78, 5) is 31.5. The van der Waals surface area contributed by atoms with Crippen molar-refractivity contribution < 1.29 is 27.5 Å². The molecule has 2 saturated heterocycles. The minimum atomic E-state index is -4.48. The Kier molecular flexibility index (Phi) is 9.34. The fourth-order valence-electron chi connectivity index (χ4n) is 5.82. The molecule has 2 amide bonds. The van der Waals surface area contributed by atoms with Gasteiger partial charge in [0.25, 0.3) is 5.91 Å². The van der Waals surface area contributed by atoms with Gasteiger partial charge in [-0.15, -0.1) is 12.4 Å². The Balaban J connectivity index is 0.00000370. The van der Waals surface area contributed by atoms with Gasteiger partial charge in [-0.2, -0.15) is 18.3 Å². The predicted molar refractivity (Wildman–Crippen MR) is 146 cm³/mol. The van der Waals surface area contributed by atoms with Crippen LogP contribution in [0.3, 0.4) is 0 Å². The topological polar surface area (TPSA) is 70.9 Å². The van der Waals surface area contributed by atoms with Crippen molar-refractivity contribution in [3.63, 3.8) is 0 Å². The fourth-order valence-corrected chi connectivity index (χ4v) is 5.82. The highest BCUT2D eigenvalue weighted by molar-refractivity contribution is 5.96. The maximum Gasteiger partial charge on any atom is 0.416 e. The molecule has 0 N–H and O–H groups in total. The highest BCUT2D eigenvalue weighted by Crippen LogP contribution is 2.45. The number of aromatic nitrogens is 2. The third-order valence-corrected chi connectivity index (χ3v) is 8.00. The quantitative estimate of drug-likeness (QED) is 0.430. The van der Waals surface area contributed by atoms with Crippen molar-refractivity contribution >= 4 is 24.4 Å². The van der Waals surface area contributed by atoms with E-state index in [-0.39, 0.29) is 41.9 Å². The summed E-state index contributed by atoms with van der Waals surface area (Å²) in [6.45, 7) is 2.51. The monoisotopic (exact) mass is 583 g/mol. The molecule has 1 atom stereocenters. The lowest BCUT2D eigenvalue weighted by molar-refractivity contribution is -0.138. The second kappa shape index (κ2) is 12.4. The second-order valence-electron chi connectivity index (χ2n) is 11.0. The van der Waals surface area contributed by atoms with Crippen LogP contribution in [-0.2, 0) is 10.9 Å². The highest BCUT2D eigenvalue weighted by atomic mass is 35.5. The van der Waals surface area contributed by atoms with E-state index in [0.29, 0.717) is 64.0 Å². The maximum atomic E-state index is 13.8. The molecule has 8 nitrogen and oxygen atoms in total. The number of hydrogen-bond donors (Lipinski definition) is 0. The van der Waals surface area contributed by atoms with Gasteiger partial charge in [0.05, 0.1) is 35.1 Å². The van der Waals surface area contributed by atoms with Crippen molar-refractivity contribution in [1.82, 2.24) is 24.5 Å². The van der Waals surface area contributed by atoms with E-state index < -0.39 is 17.8 Å². The Morgan fingerprint density at radius 2 is 1.75 bits per heavy atom. The molecule has 0 radical (unpaired) electrons. The number of halogens is 4. The van der Waals surface area contributed by atoms with Crippen LogP contribution >= 0.6 is 12.4 Å². The normalized spacial score (nSPS) is 20.1. The lowest BCUT2D eigenvalue weighted by Gasteiger charge is -2.32. The third-order valence-electron chi connectivity index (χ3n) is 8.00. The number of amides is 2. The van der Waals surface area contributed by atoms with Gasteiger partial charge in [-0.05, 0) is 64.3 Å². The molecule has 12 heteroatoms. The van der Waals surface area contributed by atoms with E-state index in [0.717, 1.165) is 24.6 Å². The molecular weight excluding hydrogens is 547 g/mol. The molecule has 1 unspecified atom stereocenters. The van der Waals surface area contributed by atoms with Gasteiger partial charge in [-0.1, -0.05) is 18.2 Å². The number of carbonyl (C=O) groups excluding carboxylic acids is 2. The average molecular weight is 584 g/mol.